The molecule has 1 aliphatic heterocycles. The maximum absolute atomic E-state index is 10.0. The van der Waals surface area contributed by atoms with Gasteiger partial charge in [0.15, 0.2) is 17.3 Å². The second-order valence-corrected chi connectivity index (χ2v) is 52.4. The number of rotatable bonds is 13. The van der Waals surface area contributed by atoms with Crippen molar-refractivity contribution < 1.29 is 111 Å². The van der Waals surface area contributed by atoms with Crippen molar-refractivity contribution in [2.45, 2.75) is 152 Å². The standard InChI is InChI=1S/C23H26N.C20H20NSi.C19H14N2.C17H11N2.C16H18Ge.C12H10N.3C5H8O2.3Ir.Pt/c1-14(2)18-12-21(15(3)4)20-7-8-24-23(22(20)13-18)19-10-16(5)9-17(6)11-19;1-22(2,3)20-14-19(17-12-8-5-9-13-17)21-15-18(20)16-10-6-4-7-11-16;1-3-9-16(10-4-1)20-15-21(17-11-5-2-6-12-17)19-14-8-7-13-18(19)20;1-11-10-18-16-14-8-4-2-6-12(14)13-7-3-5-9-15(13)17(16)19-11;1-17(2,3)14-8-9-16-13(11-14)10-12-6-4-5-7-15(12)16;1-10-6-5-9-13-12(10)11-7-3-2-4-8-11;3*1-4(6)3-5(2)7;;;;/h7-10,12-15H,1-6H3;4-12,14-15H,1-3H3;1-11,13-15H;2-7,9-10H,1H3;4-9,11H,10H2,1-3H3;2-7,9H,1H3;3*3,6H,1-2H3;;;;/q2*-1;-2;-1;;-1;;;;;;;+2. The summed E-state index contributed by atoms with van der Waals surface area (Å²) in [4.78, 5) is 57.4. The van der Waals surface area contributed by atoms with Crippen molar-refractivity contribution in [3.8, 4) is 56.0 Å². The number of aliphatic hydroxyl groups is 3. The zero-order chi connectivity index (χ0) is 98.6. The first-order chi connectivity index (χ1) is 65.5. The van der Waals surface area contributed by atoms with E-state index in [-0.39, 0.29) is 116 Å². The number of hydrogen-bond acceptors (Lipinski definition) is 13. The summed E-state index contributed by atoms with van der Waals surface area (Å²) in [6.45, 7) is 35.1. The van der Waals surface area contributed by atoms with E-state index in [1.165, 1.54) is 154 Å². The Hall–Kier alpha value is -11.9. The summed E-state index contributed by atoms with van der Waals surface area (Å²) in [5.41, 5.74) is 28.5. The molecule has 3 N–H and O–H groups in total. The Morgan fingerprint density at radius 2 is 0.993 bits per heavy atom. The SMILES string of the molecule is CC(=O)C=C(C)O.CC(=O)C=C(C)O.CC(=O)C=C(C)O.C[Si](C)(C)c1cc(-c2[c-]cccc2)ncc1-c1ccccc1.Cc1[c-]c(-c2nccc3c(C(C)C)cc(C(C)C)cc23)cc(C)c1.Cc1cccnc1-c1[c-]cccc1.Cc1cnc2c3[c-]cccc3c3ccccc3c2n1.[CH3][Ge]([CH3])([CH3])[c]1ccc2c(c1)Cc1ccccc1-2.[Ir].[Ir].[Ir].[Pt+2].[c-]1ccccc1N1[CH-]N(c2ccccc2)c2ccccc21. The minimum atomic E-state index is -1.68. The van der Waals surface area contributed by atoms with Gasteiger partial charge in [0.25, 0.3) is 0 Å². The largest absolute Gasteiger partial charge is 2.00 e. The third-order valence-corrected chi connectivity index (χ3v) is 28.7. The van der Waals surface area contributed by atoms with E-state index >= 15 is 0 Å². The van der Waals surface area contributed by atoms with E-state index in [2.05, 4.69) is 347 Å². The number of anilines is 4. The number of para-hydroxylation sites is 4. The molecular weight excluding hydrogens is 2530 g/mol. The van der Waals surface area contributed by atoms with Gasteiger partial charge >= 0.3 is 127 Å². The number of nitrogens with zero attached hydrogens (tertiary/aromatic N) is 7. The van der Waals surface area contributed by atoms with Crippen molar-refractivity contribution in [1.29, 1.82) is 0 Å². The van der Waals surface area contributed by atoms with Gasteiger partial charge in [0.2, 0.25) is 0 Å². The number of carbonyl (C=O) groups excluding carboxylic acids is 3. The van der Waals surface area contributed by atoms with Gasteiger partial charge < -0.3 is 45.1 Å². The molecule has 141 heavy (non-hydrogen) atoms. The molecule has 0 amide bonds. The molecule has 2 aliphatic rings. The molecule has 1 aliphatic carbocycles. The molecule has 0 fully saturated rings. The number of carbonyl (C=O) groups is 3. The Morgan fingerprint density at radius 1 is 0.447 bits per heavy atom. The smallest absolute Gasteiger partial charge is 0.493 e. The van der Waals surface area contributed by atoms with Crippen molar-refractivity contribution in [2.24, 2.45) is 0 Å². The molecule has 17 aromatic rings. The van der Waals surface area contributed by atoms with Crippen molar-refractivity contribution in [3.05, 3.63) is 433 Å². The summed E-state index contributed by atoms with van der Waals surface area (Å²) in [5, 5.41) is 33.7. The predicted molar refractivity (Wildman–Crippen MR) is 578 cm³/mol. The minimum Gasteiger partial charge on any atom is -0.493 e. The number of ketones is 3. The second-order valence-electron chi connectivity index (χ2n) is 36.7. The quantitative estimate of drug-likeness (QED) is 0.0326. The first-order valence-corrected chi connectivity index (χ1v) is 57.0. The number of allylic oxidation sites excluding steroid dienone is 6. The Labute approximate surface area is 893 Å². The number of aromatic nitrogens is 5. The molecule has 3 radical (unpaired) electrons. The molecule has 0 saturated carbocycles. The Kier molecular flexibility index (Phi) is 45.6. The summed E-state index contributed by atoms with van der Waals surface area (Å²) < 4.78 is 1.62. The van der Waals surface area contributed by atoms with Gasteiger partial charge in [0, 0.05) is 126 Å². The molecule has 0 atom stereocenters. The summed E-state index contributed by atoms with van der Waals surface area (Å²) in [7, 11) is -1.48. The molecule has 19 rings (SSSR count). The maximum Gasteiger partial charge on any atom is 2.00 e. The van der Waals surface area contributed by atoms with Crippen LogP contribution in [0.1, 0.15) is 126 Å². The first-order valence-electron chi connectivity index (χ1n) is 46.2. The third kappa shape index (κ3) is 33.1. The monoisotopic (exact) mass is 2660 g/mol. The molecule has 0 unspecified atom stereocenters. The van der Waals surface area contributed by atoms with Crippen molar-refractivity contribution >= 4 is 114 Å². The average molecular weight is 2660 g/mol. The number of pyridine rings is 3. The molecule has 0 bridgehead atoms. The normalized spacial score (nSPS) is 11.5. The number of aliphatic hydroxyl groups excluding tert-OH is 3. The third-order valence-electron chi connectivity index (χ3n) is 22.4. The van der Waals surface area contributed by atoms with Crippen molar-refractivity contribution in [3.63, 3.8) is 0 Å². The molecule has 13 aromatic carbocycles. The van der Waals surface area contributed by atoms with E-state index in [1.807, 2.05) is 123 Å². The van der Waals surface area contributed by atoms with E-state index in [1.54, 1.807) is 4.40 Å². The van der Waals surface area contributed by atoms with Gasteiger partial charge in [-0.15, -0.1) is 149 Å². The molecule has 19 heteroatoms. The molecule has 731 valence electrons. The van der Waals surface area contributed by atoms with Crippen LogP contribution in [-0.2, 0) is 102 Å². The van der Waals surface area contributed by atoms with Crippen LogP contribution in [0.3, 0.4) is 0 Å². The summed E-state index contributed by atoms with van der Waals surface area (Å²) in [5.74, 6) is 8.19. The molecule has 0 saturated heterocycles. The molecule has 0 spiro atoms. The van der Waals surface area contributed by atoms with Crippen LogP contribution < -0.4 is 19.4 Å². The van der Waals surface area contributed by atoms with Crippen molar-refractivity contribution in [2.75, 3.05) is 9.80 Å². The average Bonchev–Trinajstić information content (AvgIpc) is 1.66. The molecule has 4 aromatic heterocycles. The van der Waals surface area contributed by atoms with E-state index in [0.29, 0.717) is 11.8 Å². The van der Waals surface area contributed by atoms with Crippen LogP contribution in [0.5, 0.6) is 0 Å². The van der Waals surface area contributed by atoms with Crippen LogP contribution in [0.4, 0.5) is 22.7 Å². The number of hydrogen-bond donors (Lipinski definition) is 3. The van der Waals surface area contributed by atoms with E-state index < -0.39 is 21.3 Å². The van der Waals surface area contributed by atoms with Gasteiger partial charge in [-0.05, 0) is 159 Å². The molecule has 13 nitrogen and oxygen atoms in total. The van der Waals surface area contributed by atoms with Gasteiger partial charge in [0.1, 0.15) is 0 Å². The zero-order valence-corrected chi connectivity index (χ0v) is 96.3. The van der Waals surface area contributed by atoms with Gasteiger partial charge in [-0.3, -0.25) is 19.4 Å². The Bertz CT molecular complexity index is 6930. The number of benzene rings is 13. The molecule has 5 heterocycles. The van der Waals surface area contributed by atoms with Crippen LogP contribution in [0.2, 0.25) is 36.9 Å². The molecular formula is C122H123GeIr3N7O6PtSi-4. The fourth-order valence-electron chi connectivity index (χ4n) is 16.1. The van der Waals surface area contributed by atoms with Crippen LogP contribution >= 0.6 is 0 Å². The maximum atomic E-state index is 10.0. The van der Waals surface area contributed by atoms with Gasteiger partial charge in [-0.1, -0.05) is 192 Å². The van der Waals surface area contributed by atoms with Crippen LogP contribution in [0, 0.1) is 64.7 Å². The first kappa shape index (κ1) is 116. The van der Waals surface area contributed by atoms with Crippen LogP contribution in [0.25, 0.3) is 99.4 Å². The van der Waals surface area contributed by atoms with E-state index in [0.717, 1.165) is 84.6 Å². The minimum absolute atomic E-state index is 0. The summed E-state index contributed by atoms with van der Waals surface area (Å²) in [6, 6.07) is 118. The summed E-state index contributed by atoms with van der Waals surface area (Å²) >= 11 is -1.68. The van der Waals surface area contributed by atoms with Gasteiger partial charge in [-0.2, -0.15) is 30.3 Å². The fourth-order valence-corrected chi connectivity index (χ4v) is 20.2. The number of aryl methyl sites for hydroxylation is 4. The van der Waals surface area contributed by atoms with E-state index in [4.69, 9.17) is 25.3 Å². The van der Waals surface area contributed by atoms with E-state index in [9.17, 15) is 14.4 Å². The van der Waals surface area contributed by atoms with Gasteiger partial charge in [-0.25, -0.2) is 0 Å². The Morgan fingerprint density at radius 3 is 1.55 bits per heavy atom. The van der Waals surface area contributed by atoms with Gasteiger partial charge in [0.05, 0.1) is 36.6 Å². The van der Waals surface area contributed by atoms with Crippen LogP contribution in [-0.4, -0.2) is 78.9 Å². The summed E-state index contributed by atoms with van der Waals surface area (Å²) in [6.07, 6.45) is 12.2. The number of fused-ring (bicyclic) bond motifs is 11. The Balaban J connectivity index is 0.000000221. The van der Waals surface area contributed by atoms with Crippen LogP contribution in [0.15, 0.2) is 351 Å². The van der Waals surface area contributed by atoms with Crippen molar-refractivity contribution in [1.82, 2.24) is 24.9 Å². The fraction of sp³-hybridized carbons (Fsp3) is 0.189. The predicted octanol–water partition coefficient (Wildman–Crippen LogP) is 30.0. The second kappa shape index (κ2) is 55.5. The zero-order valence-electron chi connectivity index (χ0n) is 83.7. The topological polar surface area (TPSA) is 183 Å².